The summed E-state index contributed by atoms with van der Waals surface area (Å²) < 4.78 is 3.79. The molecule has 0 aliphatic carbocycles. The van der Waals surface area contributed by atoms with Crippen molar-refractivity contribution in [2.24, 2.45) is 0 Å². The highest BCUT2D eigenvalue weighted by Crippen LogP contribution is 2.19. The van der Waals surface area contributed by atoms with Gasteiger partial charge in [0.15, 0.2) is 10.7 Å². The first kappa shape index (κ1) is 18.6. The number of halogens is 1. The minimum atomic E-state index is -0.387. The number of hydrogen-bond acceptors (Lipinski definition) is 6. The Bertz CT molecular complexity index is 773. The van der Waals surface area contributed by atoms with Crippen molar-refractivity contribution >= 4 is 40.1 Å². The number of carbonyl (C=O) groups is 2. The number of piperazine rings is 1. The highest BCUT2D eigenvalue weighted by molar-refractivity contribution is 7.10. The molecule has 0 bridgehead atoms. The Morgan fingerprint density at radius 1 is 1.19 bits per heavy atom. The number of hydrogen-bond donors (Lipinski definition) is 2. The molecule has 8 nitrogen and oxygen atoms in total. The fourth-order valence-corrected chi connectivity index (χ4v) is 3.16. The Morgan fingerprint density at radius 3 is 2.58 bits per heavy atom. The zero-order valence-electron chi connectivity index (χ0n) is 14.2. The van der Waals surface area contributed by atoms with Gasteiger partial charge in [0.05, 0.1) is 0 Å². The van der Waals surface area contributed by atoms with E-state index in [-0.39, 0.29) is 17.6 Å². The van der Waals surface area contributed by atoms with Crippen molar-refractivity contribution in [3.63, 3.8) is 0 Å². The number of urea groups is 1. The lowest BCUT2D eigenvalue weighted by Crippen LogP contribution is -2.48. The van der Waals surface area contributed by atoms with E-state index < -0.39 is 0 Å². The minimum absolute atomic E-state index is 0.117. The number of nitrogens with zero attached hydrogens (tertiary/aromatic N) is 4. The van der Waals surface area contributed by atoms with Gasteiger partial charge in [0.25, 0.3) is 5.91 Å². The highest BCUT2D eigenvalue weighted by atomic mass is 35.5. The first-order chi connectivity index (χ1) is 12.5. The van der Waals surface area contributed by atoms with Gasteiger partial charge in [-0.05, 0) is 24.7 Å². The van der Waals surface area contributed by atoms with Gasteiger partial charge in [-0.2, -0.15) is 0 Å². The summed E-state index contributed by atoms with van der Waals surface area (Å²) in [6, 6.07) is 6.94. The average Bonchev–Trinajstić information content (AvgIpc) is 3.09. The molecule has 1 saturated heterocycles. The molecule has 10 heteroatoms. The standard InChI is InChI=1S/C16H19ClN6O2S/c1-22-6-8-23(9-7-22)16(25)19-15-13(20-21-26-15)14(24)18-10-11-2-4-12(17)5-3-11/h2-5H,6-10H2,1H3,(H,18,24)(H,19,25). The molecule has 1 fully saturated rings. The van der Waals surface area contributed by atoms with Gasteiger partial charge in [0, 0.05) is 49.3 Å². The normalized spacial score (nSPS) is 14.9. The van der Waals surface area contributed by atoms with Crippen LogP contribution in [0, 0.1) is 0 Å². The van der Waals surface area contributed by atoms with E-state index >= 15 is 0 Å². The summed E-state index contributed by atoms with van der Waals surface area (Å²) in [5.74, 6) is -0.387. The Kier molecular flexibility index (Phi) is 6.02. The molecule has 3 rings (SSSR count). The number of anilines is 1. The van der Waals surface area contributed by atoms with E-state index in [2.05, 4.69) is 25.1 Å². The molecule has 26 heavy (non-hydrogen) atoms. The second-order valence-electron chi connectivity index (χ2n) is 5.98. The third kappa shape index (κ3) is 4.69. The molecule has 2 N–H and O–H groups in total. The van der Waals surface area contributed by atoms with Crippen LogP contribution in [-0.4, -0.2) is 64.6 Å². The maximum Gasteiger partial charge on any atom is 0.322 e. The van der Waals surface area contributed by atoms with Crippen molar-refractivity contribution < 1.29 is 9.59 Å². The highest BCUT2D eigenvalue weighted by Gasteiger charge is 2.23. The van der Waals surface area contributed by atoms with Crippen molar-refractivity contribution in [3.05, 3.63) is 40.5 Å². The van der Waals surface area contributed by atoms with Gasteiger partial charge >= 0.3 is 6.03 Å². The van der Waals surface area contributed by atoms with Crippen LogP contribution >= 0.6 is 23.1 Å². The molecule has 1 aromatic heterocycles. The van der Waals surface area contributed by atoms with Crippen molar-refractivity contribution in [1.29, 1.82) is 0 Å². The number of amides is 3. The summed E-state index contributed by atoms with van der Waals surface area (Å²) in [7, 11) is 2.02. The lowest BCUT2D eigenvalue weighted by atomic mass is 10.2. The Morgan fingerprint density at radius 2 is 1.88 bits per heavy atom. The fraction of sp³-hybridized carbons (Fsp3) is 0.375. The number of aromatic nitrogens is 2. The molecule has 1 aromatic carbocycles. The van der Waals surface area contributed by atoms with Crippen LogP contribution in [0.25, 0.3) is 0 Å². The van der Waals surface area contributed by atoms with Crippen LogP contribution in [0.3, 0.4) is 0 Å². The topological polar surface area (TPSA) is 90.5 Å². The SMILES string of the molecule is CN1CCN(C(=O)Nc2snnc2C(=O)NCc2ccc(Cl)cc2)CC1. The molecule has 1 aliphatic rings. The molecule has 1 aliphatic heterocycles. The van der Waals surface area contributed by atoms with E-state index in [4.69, 9.17) is 11.6 Å². The number of benzene rings is 1. The van der Waals surface area contributed by atoms with Gasteiger partial charge in [0.2, 0.25) is 0 Å². The zero-order chi connectivity index (χ0) is 18.5. The van der Waals surface area contributed by atoms with E-state index in [1.165, 1.54) is 0 Å². The molecule has 0 spiro atoms. The summed E-state index contributed by atoms with van der Waals surface area (Å²) in [4.78, 5) is 28.6. The number of carbonyl (C=O) groups excluding carboxylic acids is 2. The molecule has 0 saturated carbocycles. The maximum atomic E-state index is 12.4. The first-order valence-corrected chi connectivity index (χ1v) is 9.27. The Balaban J connectivity index is 1.57. The first-order valence-electron chi connectivity index (χ1n) is 8.12. The third-order valence-corrected chi connectivity index (χ3v) is 4.97. The van der Waals surface area contributed by atoms with Crippen molar-refractivity contribution in [3.8, 4) is 0 Å². The van der Waals surface area contributed by atoms with Crippen molar-refractivity contribution in [1.82, 2.24) is 24.7 Å². The zero-order valence-corrected chi connectivity index (χ0v) is 15.8. The lowest BCUT2D eigenvalue weighted by Gasteiger charge is -2.32. The van der Waals surface area contributed by atoms with E-state index in [9.17, 15) is 9.59 Å². The average molecular weight is 395 g/mol. The molecule has 0 unspecified atom stereocenters. The second-order valence-corrected chi connectivity index (χ2v) is 7.17. The Hall–Kier alpha value is -2.23. The van der Waals surface area contributed by atoms with Crippen molar-refractivity contribution in [2.75, 3.05) is 38.5 Å². The van der Waals surface area contributed by atoms with Crippen LogP contribution < -0.4 is 10.6 Å². The monoisotopic (exact) mass is 394 g/mol. The van der Waals surface area contributed by atoms with Gasteiger partial charge in [0.1, 0.15) is 0 Å². The maximum absolute atomic E-state index is 12.4. The fourth-order valence-electron chi connectivity index (χ4n) is 2.48. The van der Waals surface area contributed by atoms with Crippen LogP contribution in [-0.2, 0) is 6.54 Å². The molecule has 0 radical (unpaired) electrons. The number of nitrogens with one attached hydrogen (secondary N) is 2. The molecule has 2 heterocycles. The van der Waals surface area contributed by atoms with Crippen LogP contribution in [0.15, 0.2) is 24.3 Å². The van der Waals surface area contributed by atoms with Crippen LogP contribution in [0.1, 0.15) is 16.1 Å². The number of rotatable bonds is 4. The predicted octanol–water partition coefficient (Wildman–Crippen LogP) is 1.90. The quantitative estimate of drug-likeness (QED) is 0.826. The molecular formula is C16H19ClN6O2S. The molecule has 3 amide bonds. The van der Waals surface area contributed by atoms with Crippen LogP contribution in [0.4, 0.5) is 9.80 Å². The predicted molar refractivity (Wildman–Crippen MR) is 101 cm³/mol. The van der Waals surface area contributed by atoms with Gasteiger partial charge in [-0.1, -0.05) is 28.2 Å². The van der Waals surface area contributed by atoms with E-state index in [1.807, 2.05) is 19.2 Å². The summed E-state index contributed by atoms with van der Waals surface area (Å²) in [6.45, 7) is 3.27. The molecule has 0 atom stereocenters. The molecular weight excluding hydrogens is 376 g/mol. The van der Waals surface area contributed by atoms with Crippen LogP contribution in [0.2, 0.25) is 5.02 Å². The minimum Gasteiger partial charge on any atom is -0.346 e. The molecule has 138 valence electrons. The van der Waals surface area contributed by atoms with E-state index in [1.54, 1.807) is 17.0 Å². The number of likely N-dealkylation sites (N-methyl/N-ethyl adjacent to an activating group) is 1. The smallest absolute Gasteiger partial charge is 0.322 e. The van der Waals surface area contributed by atoms with Crippen molar-refractivity contribution in [2.45, 2.75) is 6.54 Å². The van der Waals surface area contributed by atoms with E-state index in [0.717, 1.165) is 30.2 Å². The summed E-state index contributed by atoms with van der Waals surface area (Å²) in [5.41, 5.74) is 1.03. The van der Waals surface area contributed by atoms with Gasteiger partial charge < -0.3 is 15.1 Å². The lowest BCUT2D eigenvalue weighted by molar-refractivity contribution is 0.0946. The van der Waals surface area contributed by atoms with Crippen LogP contribution in [0.5, 0.6) is 0 Å². The van der Waals surface area contributed by atoms with E-state index in [0.29, 0.717) is 29.7 Å². The Labute approximate surface area is 160 Å². The summed E-state index contributed by atoms with van der Waals surface area (Å²) in [5, 5.41) is 10.3. The van der Waals surface area contributed by atoms with Gasteiger partial charge in [-0.25, -0.2) is 4.79 Å². The third-order valence-electron chi connectivity index (χ3n) is 4.08. The summed E-state index contributed by atoms with van der Waals surface area (Å²) >= 11 is 6.83. The summed E-state index contributed by atoms with van der Waals surface area (Å²) in [6.07, 6.45) is 0. The van der Waals surface area contributed by atoms with Gasteiger partial charge in [-0.15, -0.1) is 5.10 Å². The van der Waals surface area contributed by atoms with Gasteiger partial charge in [-0.3, -0.25) is 10.1 Å². The largest absolute Gasteiger partial charge is 0.346 e. The second kappa shape index (κ2) is 8.43. The molecule has 2 aromatic rings.